The van der Waals surface area contributed by atoms with Gasteiger partial charge in [-0.1, -0.05) is 6.07 Å². The highest BCUT2D eigenvalue weighted by Crippen LogP contribution is 2.45. The first-order chi connectivity index (χ1) is 14.6. The van der Waals surface area contributed by atoms with E-state index in [0.717, 1.165) is 36.4 Å². The van der Waals surface area contributed by atoms with Crippen molar-refractivity contribution in [3.05, 3.63) is 47.8 Å². The number of nitrogens with zero attached hydrogens (tertiary/aromatic N) is 2. The zero-order chi connectivity index (χ0) is 22.4. The predicted molar refractivity (Wildman–Crippen MR) is 102 cm³/mol. The molecule has 0 aromatic heterocycles. The van der Waals surface area contributed by atoms with Gasteiger partial charge in [-0.2, -0.15) is 13.2 Å². The maximum atomic E-state index is 13.8. The van der Waals surface area contributed by atoms with E-state index in [-0.39, 0.29) is 16.8 Å². The van der Waals surface area contributed by atoms with Gasteiger partial charge >= 0.3 is 6.18 Å². The van der Waals surface area contributed by atoms with E-state index in [9.17, 15) is 30.8 Å². The number of hydrazine groups is 1. The van der Waals surface area contributed by atoms with E-state index in [1.807, 2.05) is 0 Å². The van der Waals surface area contributed by atoms with E-state index < -0.39 is 44.9 Å². The molecule has 0 unspecified atom stereocenters. The molecule has 4 rings (SSSR count). The Hall–Kier alpha value is -2.70. The average Bonchev–Trinajstić information content (AvgIpc) is 2.71. The number of ether oxygens (including phenoxy) is 1. The van der Waals surface area contributed by atoms with Crippen molar-refractivity contribution in [3.63, 3.8) is 0 Å². The lowest BCUT2D eigenvalue weighted by molar-refractivity contribution is -0.137. The van der Waals surface area contributed by atoms with Crippen LogP contribution in [0.4, 0.5) is 23.2 Å². The van der Waals surface area contributed by atoms with Gasteiger partial charge in [0.15, 0.2) is 0 Å². The van der Waals surface area contributed by atoms with Crippen LogP contribution in [0, 0.1) is 5.82 Å². The molecule has 2 heterocycles. The SMILES string of the molecule is O=C(CN1c2ccc(C(F)(F)F)cc2-c2ccc(F)cc2S1(=O)=O)NN1CCOCC1. The van der Waals surface area contributed by atoms with Crippen LogP contribution in [-0.4, -0.2) is 52.2 Å². The summed E-state index contributed by atoms with van der Waals surface area (Å²) in [5.41, 5.74) is 1.36. The largest absolute Gasteiger partial charge is 0.416 e. The van der Waals surface area contributed by atoms with Crippen LogP contribution >= 0.6 is 0 Å². The number of hydrogen-bond donors (Lipinski definition) is 1. The number of amides is 1. The molecule has 0 atom stereocenters. The van der Waals surface area contributed by atoms with Crippen LogP contribution in [0.15, 0.2) is 41.3 Å². The molecule has 166 valence electrons. The monoisotopic (exact) mass is 459 g/mol. The third kappa shape index (κ3) is 4.10. The summed E-state index contributed by atoms with van der Waals surface area (Å²) in [4.78, 5) is 12.0. The van der Waals surface area contributed by atoms with Crippen LogP contribution in [0.5, 0.6) is 0 Å². The Morgan fingerprint density at radius 2 is 1.77 bits per heavy atom. The van der Waals surface area contributed by atoms with E-state index in [0.29, 0.717) is 30.6 Å². The summed E-state index contributed by atoms with van der Waals surface area (Å²) >= 11 is 0. The Kier molecular flexibility index (Phi) is 5.40. The number of anilines is 1. The van der Waals surface area contributed by atoms with Crippen LogP contribution in [0.25, 0.3) is 11.1 Å². The maximum absolute atomic E-state index is 13.8. The van der Waals surface area contributed by atoms with Crippen LogP contribution in [0.2, 0.25) is 0 Å². The van der Waals surface area contributed by atoms with Crippen molar-refractivity contribution < 1.29 is 35.5 Å². The van der Waals surface area contributed by atoms with E-state index in [1.54, 1.807) is 5.01 Å². The molecule has 2 aliphatic rings. The van der Waals surface area contributed by atoms with Gasteiger partial charge in [-0.25, -0.2) is 17.8 Å². The van der Waals surface area contributed by atoms with Gasteiger partial charge in [0.25, 0.3) is 15.9 Å². The molecular formula is C19H17F4N3O4S. The molecule has 0 radical (unpaired) electrons. The lowest BCUT2D eigenvalue weighted by Gasteiger charge is -2.33. The second-order valence-corrected chi connectivity index (χ2v) is 8.85. The number of morpholine rings is 1. The fourth-order valence-corrected chi connectivity index (χ4v) is 5.17. The number of sulfonamides is 1. The Balaban J connectivity index is 1.76. The van der Waals surface area contributed by atoms with Gasteiger partial charge in [-0.3, -0.25) is 14.5 Å². The fourth-order valence-electron chi connectivity index (χ4n) is 3.51. The third-order valence-electron chi connectivity index (χ3n) is 4.98. The van der Waals surface area contributed by atoms with Crippen molar-refractivity contribution in [1.82, 2.24) is 10.4 Å². The molecule has 7 nitrogen and oxygen atoms in total. The highest BCUT2D eigenvalue weighted by molar-refractivity contribution is 7.93. The molecule has 31 heavy (non-hydrogen) atoms. The van der Waals surface area contributed by atoms with Crippen LogP contribution in [0.1, 0.15) is 5.56 Å². The first-order valence-electron chi connectivity index (χ1n) is 9.23. The van der Waals surface area contributed by atoms with Crippen molar-refractivity contribution in [2.24, 2.45) is 0 Å². The molecule has 1 saturated heterocycles. The summed E-state index contributed by atoms with van der Waals surface area (Å²) in [7, 11) is -4.39. The van der Waals surface area contributed by atoms with Crippen molar-refractivity contribution >= 4 is 21.6 Å². The van der Waals surface area contributed by atoms with Crippen LogP contribution < -0.4 is 9.73 Å². The van der Waals surface area contributed by atoms with Gasteiger partial charge in [0, 0.05) is 24.2 Å². The maximum Gasteiger partial charge on any atom is 0.416 e. The molecule has 0 spiro atoms. The number of carbonyl (C=O) groups is 1. The molecule has 0 saturated carbocycles. The zero-order valence-electron chi connectivity index (χ0n) is 15.9. The van der Waals surface area contributed by atoms with Crippen molar-refractivity contribution in [3.8, 4) is 11.1 Å². The average molecular weight is 459 g/mol. The van der Waals surface area contributed by atoms with Crippen molar-refractivity contribution in [2.45, 2.75) is 11.1 Å². The number of benzene rings is 2. The summed E-state index contributed by atoms with van der Waals surface area (Å²) in [6, 6.07) is 5.37. The Morgan fingerprint density at radius 1 is 1.06 bits per heavy atom. The Bertz CT molecular complexity index is 1130. The van der Waals surface area contributed by atoms with E-state index in [2.05, 4.69) is 5.43 Å². The highest BCUT2D eigenvalue weighted by Gasteiger charge is 2.39. The summed E-state index contributed by atoms with van der Waals surface area (Å²) in [5, 5.41) is 1.56. The quantitative estimate of drug-likeness (QED) is 0.714. The number of halogens is 4. The zero-order valence-corrected chi connectivity index (χ0v) is 16.8. The fraction of sp³-hybridized carbons (Fsp3) is 0.316. The first-order valence-corrected chi connectivity index (χ1v) is 10.7. The van der Waals surface area contributed by atoms with Gasteiger partial charge in [-0.05, 0) is 30.3 Å². The minimum atomic E-state index is -4.66. The van der Waals surface area contributed by atoms with Crippen molar-refractivity contribution in [1.29, 1.82) is 0 Å². The Morgan fingerprint density at radius 3 is 2.45 bits per heavy atom. The number of rotatable bonds is 3. The lowest BCUT2D eigenvalue weighted by atomic mass is 10.00. The van der Waals surface area contributed by atoms with Gasteiger partial charge in [0.1, 0.15) is 12.4 Å². The van der Waals surface area contributed by atoms with Crippen LogP contribution in [-0.2, 0) is 25.7 Å². The van der Waals surface area contributed by atoms with Gasteiger partial charge in [0.2, 0.25) is 0 Å². The molecule has 1 amide bonds. The molecule has 0 aliphatic carbocycles. The minimum Gasteiger partial charge on any atom is -0.379 e. The third-order valence-corrected chi connectivity index (χ3v) is 6.78. The number of alkyl halides is 3. The molecule has 0 bridgehead atoms. The summed E-state index contributed by atoms with van der Waals surface area (Å²) in [5.74, 6) is -1.55. The number of nitrogens with one attached hydrogen (secondary N) is 1. The topological polar surface area (TPSA) is 79.0 Å². The molecule has 2 aromatic carbocycles. The first kappa shape index (κ1) is 21.5. The number of fused-ring (bicyclic) bond motifs is 3. The van der Waals surface area contributed by atoms with Crippen LogP contribution in [0.3, 0.4) is 0 Å². The Labute approximate surface area is 175 Å². The molecule has 12 heteroatoms. The van der Waals surface area contributed by atoms with E-state index in [4.69, 9.17) is 4.74 Å². The molecule has 2 aliphatic heterocycles. The normalized spacial score (nSPS) is 18.3. The number of hydrogen-bond acceptors (Lipinski definition) is 5. The highest BCUT2D eigenvalue weighted by atomic mass is 32.2. The van der Waals surface area contributed by atoms with E-state index >= 15 is 0 Å². The smallest absolute Gasteiger partial charge is 0.379 e. The van der Waals surface area contributed by atoms with E-state index in [1.165, 1.54) is 0 Å². The lowest BCUT2D eigenvalue weighted by Crippen LogP contribution is -2.52. The molecule has 2 aromatic rings. The van der Waals surface area contributed by atoms with Crippen molar-refractivity contribution in [2.75, 3.05) is 37.2 Å². The minimum absolute atomic E-state index is 0.0566. The summed E-state index contributed by atoms with van der Waals surface area (Å²) < 4.78 is 85.7. The van der Waals surface area contributed by atoms with Gasteiger partial charge in [0.05, 0.1) is 29.4 Å². The summed E-state index contributed by atoms with van der Waals surface area (Å²) in [6.07, 6.45) is -4.66. The van der Waals surface area contributed by atoms with Gasteiger partial charge < -0.3 is 4.74 Å². The molecule has 1 N–H and O–H groups in total. The predicted octanol–water partition coefficient (Wildman–Crippen LogP) is 2.38. The second-order valence-electron chi connectivity index (χ2n) is 7.02. The molecule has 1 fully saturated rings. The second kappa shape index (κ2) is 7.77. The summed E-state index contributed by atoms with van der Waals surface area (Å²) in [6.45, 7) is 0.889. The number of carbonyl (C=O) groups excluding carboxylic acids is 1. The molecular weight excluding hydrogens is 442 g/mol. The standard InChI is InChI=1S/C19H17F4N3O4S/c20-13-2-3-14-15-9-12(19(21,22)23)1-4-16(15)26(31(28,29)17(14)10-13)11-18(27)24-25-5-7-30-8-6-25/h1-4,9-10H,5-8,11H2,(H,24,27). The van der Waals surface area contributed by atoms with Gasteiger partial charge in [-0.15, -0.1) is 0 Å².